The van der Waals surface area contributed by atoms with Gasteiger partial charge in [0.15, 0.2) is 0 Å². The second-order valence-electron chi connectivity index (χ2n) is 16.4. The maximum Gasteiger partial charge on any atom is 0.0720 e. The molecule has 0 saturated carbocycles. The van der Waals surface area contributed by atoms with Crippen molar-refractivity contribution < 1.29 is 0 Å². The fourth-order valence-corrected chi connectivity index (χ4v) is 10.3. The number of allylic oxidation sites excluding steroid dienone is 5. The predicted octanol–water partition coefficient (Wildman–Crippen LogP) is 15.0. The highest BCUT2D eigenvalue weighted by Gasteiger charge is 2.48. The molecule has 2 unspecified atom stereocenters. The molecule has 11 rings (SSSR count). The van der Waals surface area contributed by atoms with E-state index in [0.29, 0.717) is 5.92 Å². The lowest BCUT2D eigenvalue weighted by atomic mass is 9.66. The standard InChI is InChI=1S/C58H46N2/c1-41-20-19-31-47(38-41)60(46-29-15-6-16-30-46)49-35-37-53-55(40-49)58(42-21-7-2-8-22-42,43-23-9-3-10-24-43)57-52-36-34-48(39-54(52)50-32-17-18-33-51(50)56(53)57)59(44-25-11-4-12-26-44)45-27-13-5-14-28-45/h2-19,21-27,29-41,45H,20,28H2,1H3. The van der Waals surface area contributed by atoms with Crippen LogP contribution in [0.15, 0.2) is 230 Å². The molecule has 0 aliphatic heterocycles. The number of para-hydroxylation sites is 2. The van der Waals surface area contributed by atoms with Crippen molar-refractivity contribution >= 4 is 44.3 Å². The number of nitrogens with zero attached hydrogens (tertiary/aromatic N) is 2. The Morgan fingerprint density at radius 3 is 1.80 bits per heavy atom. The topological polar surface area (TPSA) is 6.48 Å². The molecule has 3 aliphatic rings. The van der Waals surface area contributed by atoms with Crippen molar-refractivity contribution in [2.45, 2.75) is 31.2 Å². The first-order valence-corrected chi connectivity index (χ1v) is 21.4. The molecule has 2 heteroatoms. The minimum Gasteiger partial charge on any atom is -0.334 e. The normalized spacial score (nSPS) is 17.3. The van der Waals surface area contributed by atoms with E-state index in [1.807, 2.05) is 0 Å². The van der Waals surface area contributed by atoms with Gasteiger partial charge in [0.2, 0.25) is 0 Å². The Bertz CT molecular complexity index is 2960. The summed E-state index contributed by atoms with van der Waals surface area (Å²) in [5.41, 5.74) is 13.0. The number of anilines is 4. The number of benzene rings is 8. The van der Waals surface area contributed by atoms with Crippen LogP contribution in [0.5, 0.6) is 0 Å². The van der Waals surface area contributed by atoms with Crippen molar-refractivity contribution in [1.29, 1.82) is 0 Å². The SMILES string of the molecule is CC1C=C(N(c2ccccc2)c2ccc3c(c2)C(c2ccccc2)(c2ccccc2)c2c-3c3ccccc3c3cc(N(c4ccccc4)C4C=CC=CC4)ccc23)C=CC1. The van der Waals surface area contributed by atoms with Crippen LogP contribution in [-0.2, 0) is 5.41 Å². The van der Waals surface area contributed by atoms with Gasteiger partial charge in [0.1, 0.15) is 0 Å². The molecule has 0 bridgehead atoms. The van der Waals surface area contributed by atoms with Gasteiger partial charge in [0, 0.05) is 28.4 Å². The number of rotatable bonds is 8. The molecule has 2 nitrogen and oxygen atoms in total. The van der Waals surface area contributed by atoms with Gasteiger partial charge in [-0.25, -0.2) is 0 Å². The van der Waals surface area contributed by atoms with E-state index in [2.05, 4.69) is 241 Å². The zero-order valence-electron chi connectivity index (χ0n) is 33.8. The van der Waals surface area contributed by atoms with Gasteiger partial charge in [-0.15, -0.1) is 0 Å². The van der Waals surface area contributed by atoms with Gasteiger partial charge < -0.3 is 9.80 Å². The van der Waals surface area contributed by atoms with Gasteiger partial charge in [0.25, 0.3) is 0 Å². The highest BCUT2D eigenvalue weighted by atomic mass is 15.2. The Hall–Kier alpha value is -7.16. The molecule has 0 amide bonds. The predicted molar refractivity (Wildman–Crippen MR) is 254 cm³/mol. The van der Waals surface area contributed by atoms with E-state index in [-0.39, 0.29) is 6.04 Å². The Labute approximate surface area is 353 Å². The van der Waals surface area contributed by atoms with Crippen molar-refractivity contribution in [3.8, 4) is 11.1 Å². The zero-order chi connectivity index (χ0) is 40.0. The molecule has 0 saturated heterocycles. The molecule has 0 aromatic heterocycles. The van der Waals surface area contributed by atoms with Crippen LogP contribution < -0.4 is 9.80 Å². The third-order valence-corrected chi connectivity index (χ3v) is 12.9. The molecule has 0 radical (unpaired) electrons. The van der Waals surface area contributed by atoms with Gasteiger partial charge in [-0.2, -0.15) is 0 Å². The molecule has 8 aromatic carbocycles. The molecule has 0 N–H and O–H groups in total. The van der Waals surface area contributed by atoms with E-state index in [1.54, 1.807) is 0 Å². The average Bonchev–Trinajstić information content (AvgIpc) is 3.62. The summed E-state index contributed by atoms with van der Waals surface area (Å²) in [5.74, 6) is 0.452. The molecule has 0 spiro atoms. The Morgan fingerprint density at radius 1 is 0.500 bits per heavy atom. The second-order valence-corrected chi connectivity index (χ2v) is 16.4. The van der Waals surface area contributed by atoms with Crippen LogP contribution in [0.4, 0.5) is 22.7 Å². The maximum absolute atomic E-state index is 2.51. The highest BCUT2D eigenvalue weighted by molar-refractivity contribution is 6.20. The third-order valence-electron chi connectivity index (χ3n) is 12.9. The quantitative estimate of drug-likeness (QED) is 0.142. The van der Waals surface area contributed by atoms with Crippen LogP contribution in [0.2, 0.25) is 0 Å². The molecule has 2 atom stereocenters. The number of hydrogen-bond acceptors (Lipinski definition) is 2. The molecule has 60 heavy (non-hydrogen) atoms. The summed E-state index contributed by atoms with van der Waals surface area (Å²) in [4.78, 5) is 4.96. The zero-order valence-corrected chi connectivity index (χ0v) is 33.8. The lowest BCUT2D eigenvalue weighted by Crippen LogP contribution is -2.30. The van der Waals surface area contributed by atoms with Crippen molar-refractivity contribution in [1.82, 2.24) is 0 Å². The van der Waals surface area contributed by atoms with Gasteiger partial charge in [-0.05, 0) is 128 Å². The number of hydrogen-bond donors (Lipinski definition) is 0. The Morgan fingerprint density at radius 2 is 1.13 bits per heavy atom. The van der Waals surface area contributed by atoms with Crippen molar-refractivity contribution in [3.63, 3.8) is 0 Å². The molecular formula is C58H46N2. The summed E-state index contributed by atoms with van der Waals surface area (Å²) >= 11 is 0. The summed E-state index contributed by atoms with van der Waals surface area (Å²) in [6, 6.07) is 68.1. The molecule has 3 aliphatic carbocycles. The lowest BCUT2D eigenvalue weighted by molar-refractivity contribution is 0.726. The minimum absolute atomic E-state index is 0.204. The fourth-order valence-electron chi connectivity index (χ4n) is 10.3. The molecule has 0 heterocycles. The summed E-state index contributed by atoms with van der Waals surface area (Å²) in [6.07, 6.45) is 18.0. The van der Waals surface area contributed by atoms with E-state index in [0.717, 1.165) is 24.2 Å². The van der Waals surface area contributed by atoms with Crippen LogP contribution in [0.3, 0.4) is 0 Å². The van der Waals surface area contributed by atoms with Crippen LogP contribution in [0, 0.1) is 5.92 Å². The summed E-state index contributed by atoms with van der Waals surface area (Å²) in [6.45, 7) is 2.31. The summed E-state index contributed by atoms with van der Waals surface area (Å²) < 4.78 is 0. The Balaban J connectivity index is 1.24. The van der Waals surface area contributed by atoms with Crippen LogP contribution >= 0.6 is 0 Å². The van der Waals surface area contributed by atoms with E-state index in [1.165, 1.54) is 72.0 Å². The highest BCUT2D eigenvalue weighted by Crippen LogP contribution is 2.61. The molecule has 8 aromatic rings. The van der Waals surface area contributed by atoms with Gasteiger partial charge in [-0.3, -0.25) is 0 Å². The lowest BCUT2D eigenvalue weighted by Gasteiger charge is -2.36. The van der Waals surface area contributed by atoms with E-state index in [9.17, 15) is 0 Å². The first-order chi connectivity index (χ1) is 29.7. The smallest absolute Gasteiger partial charge is 0.0720 e. The average molecular weight is 771 g/mol. The first kappa shape index (κ1) is 36.0. The van der Waals surface area contributed by atoms with Gasteiger partial charge >= 0.3 is 0 Å². The molecule has 0 fully saturated rings. The van der Waals surface area contributed by atoms with Gasteiger partial charge in [0.05, 0.1) is 11.5 Å². The third kappa shape index (κ3) is 5.78. The first-order valence-electron chi connectivity index (χ1n) is 21.4. The van der Waals surface area contributed by atoms with Crippen molar-refractivity contribution in [2.75, 3.05) is 9.80 Å². The summed E-state index contributed by atoms with van der Waals surface area (Å²) in [7, 11) is 0. The van der Waals surface area contributed by atoms with Crippen LogP contribution in [-0.4, -0.2) is 6.04 Å². The largest absolute Gasteiger partial charge is 0.334 e. The van der Waals surface area contributed by atoms with E-state index < -0.39 is 5.41 Å². The van der Waals surface area contributed by atoms with Crippen LogP contribution in [0.1, 0.15) is 42.0 Å². The molecular weight excluding hydrogens is 725 g/mol. The van der Waals surface area contributed by atoms with E-state index in [4.69, 9.17) is 0 Å². The maximum atomic E-state index is 2.51. The number of fused-ring (bicyclic) bond motifs is 8. The fraction of sp³-hybridized carbons (Fsp3) is 0.103. The monoisotopic (exact) mass is 770 g/mol. The van der Waals surface area contributed by atoms with Crippen LogP contribution in [0.25, 0.3) is 32.7 Å². The summed E-state index contributed by atoms with van der Waals surface area (Å²) in [5, 5.41) is 5.08. The minimum atomic E-state index is -0.616. The van der Waals surface area contributed by atoms with Crippen molar-refractivity contribution in [3.05, 3.63) is 252 Å². The van der Waals surface area contributed by atoms with Gasteiger partial charge in [-0.1, -0.05) is 177 Å². The van der Waals surface area contributed by atoms with E-state index >= 15 is 0 Å². The van der Waals surface area contributed by atoms with Crippen molar-refractivity contribution in [2.24, 2.45) is 5.92 Å². The molecule has 288 valence electrons. The second kappa shape index (κ2) is 14.9. The Kier molecular flexibility index (Phi) is 8.93.